The number of non-ortho nitro benzene ring substituents is 1. The van der Waals surface area contributed by atoms with Gasteiger partial charge in [-0.2, -0.15) is 0 Å². The Labute approximate surface area is 176 Å². The zero-order valence-corrected chi connectivity index (χ0v) is 16.6. The molecule has 154 valence electrons. The van der Waals surface area contributed by atoms with Crippen LogP contribution in [0.3, 0.4) is 0 Å². The Morgan fingerprint density at radius 2 is 1.97 bits per heavy atom. The van der Waals surface area contributed by atoms with Crippen LogP contribution in [0.2, 0.25) is 5.02 Å². The molecule has 1 aliphatic heterocycles. The van der Waals surface area contributed by atoms with Gasteiger partial charge in [0.15, 0.2) is 0 Å². The van der Waals surface area contributed by atoms with Gasteiger partial charge in [0, 0.05) is 54.2 Å². The Morgan fingerprint density at radius 3 is 2.67 bits per heavy atom. The van der Waals surface area contributed by atoms with Gasteiger partial charge in [-0.25, -0.2) is 4.39 Å². The lowest BCUT2D eigenvalue weighted by atomic mass is 9.94. The molecule has 1 saturated heterocycles. The predicted molar refractivity (Wildman–Crippen MR) is 113 cm³/mol. The summed E-state index contributed by atoms with van der Waals surface area (Å²) < 4.78 is 13.3. The number of carbonyl (C=O) groups excluding carboxylic acids is 1. The van der Waals surface area contributed by atoms with E-state index < -0.39 is 10.7 Å². The van der Waals surface area contributed by atoms with Crippen molar-refractivity contribution in [3.05, 3.63) is 69.7 Å². The van der Waals surface area contributed by atoms with E-state index in [1.54, 1.807) is 18.3 Å². The van der Waals surface area contributed by atoms with Crippen LogP contribution in [0.1, 0.15) is 12.8 Å². The maximum Gasteiger partial charge on any atom is 0.278 e. The Balaban J connectivity index is 1.47. The molecule has 4 rings (SSSR count). The minimum absolute atomic E-state index is 0.0223. The standard InChI is InChI=1S/C21H18ClFN4O3/c22-17-11-14(1-2-18(17)23)25-21(28)13-6-9-26(10-7-13)19-3-4-20(27(29)30)16-12-24-8-5-15(16)19/h1-5,8,11-13H,6-7,9-10H2,(H,25,28). The van der Waals surface area contributed by atoms with Crippen LogP contribution in [0, 0.1) is 21.8 Å². The van der Waals surface area contributed by atoms with Gasteiger partial charge in [-0.05, 0) is 43.2 Å². The number of benzene rings is 2. The predicted octanol–water partition coefficient (Wildman–Crippen LogP) is 4.79. The smallest absolute Gasteiger partial charge is 0.278 e. The summed E-state index contributed by atoms with van der Waals surface area (Å²) >= 11 is 5.77. The van der Waals surface area contributed by atoms with Gasteiger partial charge >= 0.3 is 0 Å². The summed E-state index contributed by atoms with van der Waals surface area (Å²) in [5.74, 6) is -0.848. The first-order valence-electron chi connectivity index (χ1n) is 9.46. The lowest BCUT2D eigenvalue weighted by Crippen LogP contribution is -2.38. The van der Waals surface area contributed by atoms with Crippen molar-refractivity contribution in [1.82, 2.24) is 4.98 Å². The first kappa shape index (κ1) is 20.0. The third kappa shape index (κ3) is 3.91. The quantitative estimate of drug-likeness (QED) is 0.476. The van der Waals surface area contributed by atoms with Gasteiger partial charge in [-0.1, -0.05) is 11.6 Å². The molecule has 1 aliphatic rings. The minimum Gasteiger partial charge on any atom is -0.371 e. The molecule has 1 N–H and O–H groups in total. The highest BCUT2D eigenvalue weighted by Crippen LogP contribution is 2.35. The van der Waals surface area contributed by atoms with Crippen LogP contribution in [0.25, 0.3) is 10.8 Å². The van der Waals surface area contributed by atoms with Crippen molar-refractivity contribution in [2.24, 2.45) is 5.92 Å². The van der Waals surface area contributed by atoms with Crippen molar-refractivity contribution in [2.45, 2.75) is 12.8 Å². The van der Waals surface area contributed by atoms with Crippen LogP contribution in [-0.2, 0) is 4.79 Å². The van der Waals surface area contributed by atoms with E-state index in [2.05, 4.69) is 15.2 Å². The van der Waals surface area contributed by atoms with E-state index in [0.717, 1.165) is 11.1 Å². The lowest BCUT2D eigenvalue weighted by Gasteiger charge is -2.33. The molecule has 3 aromatic rings. The molecule has 0 bridgehead atoms. The summed E-state index contributed by atoms with van der Waals surface area (Å²) in [5, 5.41) is 15.3. The van der Waals surface area contributed by atoms with E-state index in [-0.39, 0.29) is 22.5 Å². The highest BCUT2D eigenvalue weighted by Gasteiger charge is 2.27. The number of aromatic nitrogens is 1. The molecule has 1 aromatic heterocycles. The van der Waals surface area contributed by atoms with Gasteiger partial charge in [-0.3, -0.25) is 19.9 Å². The second-order valence-electron chi connectivity index (χ2n) is 7.16. The molecule has 0 atom stereocenters. The Kier molecular flexibility index (Phi) is 5.50. The van der Waals surface area contributed by atoms with Gasteiger partial charge in [0.2, 0.25) is 5.91 Å². The molecule has 2 heterocycles. The minimum atomic E-state index is -0.534. The molecule has 1 fully saturated rings. The SMILES string of the molecule is O=C(Nc1ccc(F)c(Cl)c1)C1CCN(c2ccc([N+](=O)[O-])c3cnccc23)CC1. The molecular formula is C21H18ClFN4O3. The van der Waals surface area contributed by atoms with E-state index in [9.17, 15) is 19.3 Å². The van der Waals surface area contributed by atoms with Crippen LogP contribution in [0.15, 0.2) is 48.8 Å². The average Bonchev–Trinajstić information content (AvgIpc) is 2.75. The topological polar surface area (TPSA) is 88.4 Å². The number of halogens is 2. The van der Waals surface area contributed by atoms with Gasteiger partial charge in [0.1, 0.15) is 5.82 Å². The monoisotopic (exact) mass is 428 g/mol. The van der Waals surface area contributed by atoms with Crippen molar-refractivity contribution in [2.75, 3.05) is 23.3 Å². The summed E-state index contributed by atoms with van der Waals surface area (Å²) in [5.41, 5.74) is 1.37. The van der Waals surface area contributed by atoms with Gasteiger partial charge in [0.05, 0.1) is 15.3 Å². The maximum absolute atomic E-state index is 13.3. The van der Waals surface area contributed by atoms with E-state index in [0.29, 0.717) is 37.0 Å². The molecule has 9 heteroatoms. The number of anilines is 2. The van der Waals surface area contributed by atoms with Crippen LogP contribution in [-0.4, -0.2) is 28.9 Å². The molecule has 0 unspecified atom stereocenters. The number of amides is 1. The average molecular weight is 429 g/mol. The second kappa shape index (κ2) is 8.23. The highest BCUT2D eigenvalue weighted by molar-refractivity contribution is 6.31. The fourth-order valence-electron chi connectivity index (χ4n) is 3.80. The molecule has 1 amide bonds. The zero-order chi connectivity index (χ0) is 21.3. The van der Waals surface area contributed by atoms with Crippen molar-refractivity contribution >= 4 is 45.3 Å². The molecule has 0 saturated carbocycles. The summed E-state index contributed by atoms with van der Waals surface area (Å²) in [4.78, 5) is 29.6. The fraction of sp³-hybridized carbons (Fsp3) is 0.238. The number of rotatable bonds is 4. The van der Waals surface area contributed by atoms with Gasteiger partial charge in [-0.15, -0.1) is 0 Å². The zero-order valence-electron chi connectivity index (χ0n) is 15.8. The molecule has 0 radical (unpaired) electrons. The first-order valence-corrected chi connectivity index (χ1v) is 9.84. The van der Waals surface area contributed by atoms with Crippen LogP contribution < -0.4 is 10.2 Å². The molecule has 2 aromatic carbocycles. The van der Waals surface area contributed by atoms with Crippen LogP contribution in [0.4, 0.5) is 21.5 Å². The van der Waals surface area contributed by atoms with E-state index >= 15 is 0 Å². The van der Waals surface area contributed by atoms with E-state index in [4.69, 9.17) is 11.6 Å². The van der Waals surface area contributed by atoms with Crippen molar-refractivity contribution in [1.29, 1.82) is 0 Å². The van der Waals surface area contributed by atoms with Crippen molar-refractivity contribution in [3.8, 4) is 0 Å². The number of pyridine rings is 1. The highest BCUT2D eigenvalue weighted by atomic mass is 35.5. The Hall–Kier alpha value is -3.26. The molecule has 0 spiro atoms. The number of fused-ring (bicyclic) bond motifs is 1. The Bertz CT molecular complexity index is 1130. The summed E-state index contributed by atoms with van der Waals surface area (Å²) in [6.45, 7) is 1.27. The van der Waals surface area contributed by atoms with Crippen molar-refractivity contribution in [3.63, 3.8) is 0 Å². The molecule has 30 heavy (non-hydrogen) atoms. The number of hydrogen-bond acceptors (Lipinski definition) is 5. The maximum atomic E-state index is 13.3. The van der Waals surface area contributed by atoms with Gasteiger partial charge in [0.25, 0.3) is 5.69 Å². The van der Waals surface area contributed by atoms with Gasteiger partial charge < -0.3 is 10.2 Å². The van der Waals surface area contributed by atoms with E-state index in [1.165, 1.54) is 30.5 Å². The third-order valence-electron chi connectivity index (χ3n) is 5.36. The Morgan fingerprint density at radius 1 is 1.20 bits per heavy atom. The summed E-state index contributed by atoms with van der Waals surface area (Å²) in [6.07, 6.45) is 4.38. The normalized spacial score (nSPS) is 14.7. The summed E-state index contributed by atoms with van der Waals surface area (Å²) in [7, 11) is 0. The second-order valence-corrected chi connectivity index (χ2v) is 7.57. The van der Waals surface area contributed by atoms with Crippen molar-refractivity contribution < 1.29 is 14.1 Å². The first-order chi connectivity index (χ1) is 14.4. The number of carbonyl (C=O) groups is 1. The third-order valence-corrected chi connectivity index (χ3v) is 5.65. The fourth-order valence-corrected chi connectivity index (χ4v) is 3.98. The molecule has 0 aliphatic carbocycles. The number of nitrogens with zero attached hydrogens (tertiary/aromatic N) is 3. The van der Waals surface area contributed by atoms with E-state index in [1.807, 2.05) is 0 Å². The summed E-state index contributed by atoms with van der Waals surface area (Å²) in [6, 6.07) is 9.11. The number of hydrogen-bond donors (Lipinski definition) is 1. The number of nitro benzene ring substituents is 1. The van der Waals surface area contributed by atoms with Crippen LogP contribution in [0.5, 0.6) is 0 Å². The number of nitrogens with one attached hydrogen (secondary N) is 1. The molecular weight excluding hydrogens is 411 g/mol. The molecule has 7 nitrogen and oxygen atoms in total. The largest absolute Gasteiger partial charge is 0.371 e. The number of piperidine rings is 1. The number of nitro groups is 1. The lowest BCUT2D eigenvalue weighted by molar-refractivity contribution is -0.383. The van der Waals surface area contributed by atoms with Crippen LogP contribution >= 0.6 is 11.6 Å².